The number of hydrogen-bond donors (Lipinski definition) is 0. The standard InChI is InChI=1S/C18H23NO4/c1-4-7-12-10-18(2)19(16(20)15(12)17(21)22-3)14-9-6-5-8-13(14)11-23-18/h5-6,8-9,12,15H,4,7,10-11H2,1-3H3/t12-,15+,18+/m0/s1. The molecule has 2 heterocycles. The molecule has 5 nitrogen and oxygen atoms in total. The van der Waals surface area contributed by atoms with Gasteiger partial charge in [-0.2, -0.15) is 0 Å². The third-order valence-electron chi connectivity index (χ3n) is 4.96. The molecule has 23 heavy (non-hydrogen) atoms. The number of piperidine rings is 1. The van der Waals surface area contributed by atoms with Gasteiger partial charge in [0.25, 0.3) is 0 Å². The molecule has 3 rings (SSSR count). The predicted molar refractivity (Wildman–Crippen MR) is 85.6 cm³/mol. The number of amides is 1. The SMILES string of the molecule is CCC[C@H]1C[C@@]2(C)OCc3ccccc3N2C(=O)[C@@H]1C(=O)OC. The second-order valence-electron chi connectivity index (χ2n) is 6.52. The summed E-state index contributed by atoms with van der Waals surface area (Å²) in [5.74, 6) is -1.45. The highest BCUT2D eigenvalue weighted by molar-refractivity contribution is 6.08. The number of nitrogens with zero attached hydrogens (tertiary/aromatic N) is 1. The highest BCUT2D eigenvalue weighted by atomic mass is 16.5. The third kappa shape index (κ3) is 2.53. The zero-order valence-corrected chi connectivity index (χ0v) is 13.9. The lowest BCUT2D eigenvalue weighted by Gasteiger charge is -2.51. The lowest BCUT2D eigenvalue weighted by molar-refractivity contribution is -0.162. The van der Waals surface area contributed by atoms with Crippen molar-refractivity contribution in [2.45, 2.75) is 45.4 Å². The maximum absolute atomic E-state index is 13.2. The number of esters is 1. The Balaban J connectivity index is 2.05. The molecule has 0 unspecified atom stereocenters. The fourth-order valence-corrected chi connectivity index (χ4v) is 3.91. The van der Waals surface area contributed by atoms with Gasteiger partial charge in [0.1, 0.15) is 11.6 Å². The van der Waals surface area contributed by atoms with Crippen molar-refractivity contribution in [1.82, 2.24) is 0 Å². The minimum Gasteiger partial charge on any atom is -0.468 e. The Bertz CT molecular complexity index is 629. The highest BCUT2D eigenvalue weighted by Crippen LogP contribution is 2.46. The molecule has 5 heteroatoms. The van der Waals surface area contributed by atoms with Crippen molar-refractivity contribution in [2.24, 2.45) is 11.8 Å². The minimum absolute atomic E-state index is 0.0496. The molecule has 1 fully saturated rings. The molecule has 1 aromatic carbocycles. The van der Waals surface area contributed by atoms with E-state index in [0.29, 0.717) is 13.0 Å². The number of anilines is 1. The molecule has 1 amide bonds. The predicted octanol–water partition coefficient (Wildman–Crippen LogP) is 2.88. The van der Waals surface area contributed by atoms with Crippen LogP contribution in [0.4, 0.5) is 5.69 Å². The Labute approximate surface area is 136 Å². The van der Waals surface area contributed by atoms with Crippen LogP contribution >= 0.6 is 0 Å². The van der Waals surface area contributed by atoms with E-state index in [1.807, 2.05) is 31.2 Å². The van der Waals surface area contributed by atoms with E-state index in [9.17, 15) is 9.59 Å². The average molecular weight is 317 g/mol. The summed E-state index contributed by atoms with van der Waals surface area (Å²) in [7, 11) is 1.34. The number of methoxy groups -OCH3 is 1. The van der Waals surface area contributed by atoms with Crippen LogP contribution in [0, 0.1) is 11.8 Å². The zero-order chi connectivity index (χ0) is 16.6. The second kappa shape index (κ2) is 5.96. The molecule has 0 aromatic heterocycles. The largest absolute Gasteiger partial charge is 0.468 e. The first-order valence-corrected chi connectivity index (χ1v) is 8.15. The smallest absolute Gasteiger partial charge is 0.318 e. The van der Waals surface area contributed by atoms with Crippen LogP contribution in [0.1, 0.15) is 38.7 Å². The van der Waals surface area contributed by atoms with Gasteiger partial charge in [-0.1, -0.05) is 31.5 Å². The Morgan fingerprint density at radius 3 is 2.87 bits per heavy atom. The number of carbonyl (C=O) groups is 2. The number of para-hydroxylation sites is 1. The van der Waals surface area contributed by atoms with Gasteiger partial charge in [-0.05, 0) is 31.7 Å². The van der Waals surface area contributed by atoms with Crippen LogP contribution in [0.2, 0.25) is 0 Å². The molecule has 0 N–H and O–H groups in total. The maximum Gasteiger partial charge on any atom is 0.318 e. The Morgan fingerprint density at radius 1 is 1.43 bits per heavy atom. The van der Waals surface area contributed by atoms with E-state index in [0.717, 1.165) is 24.1 Å². The topological polar surface area (TPSA) is 55.8 Å². The molecule has 0 bridgehead atoms. The quantitative estimate of drug-likeness (QED) is 0.635. The van der Waals surface area contributed by atoms with Crippen LogP contribution < -0.4 is 4.90 Å². The van der Waals surface area contributed by atoms with E-state index >= 15 is 0 Å². The van der Waals surface area contributed by atoms with Gasteiger partial charge in [0.2, 0.25) is 5.91 Å². The molecular weight excluding hydrogens is 294 g/mol. The molecule has 2 aliphatic rings. The van der Waals surface area contributed by atoms with Crippen molar-refractivity contribution in [1.29, 1.82) is 0 Å². The zero-order valence-electron chi connectivity index (χ0n) is 13.9. The molecule has 0 aliphatic carbocycles. The number of fused-ring (bicyclic) bond motifs is 3. The van der Waals surface area contributed by atoms with Crippen molar-refractivity contribution >= 4 is 17.6 Å². The van der Waals surface area contributed by atoms with Gasteiger partial charge in [0, 0.05) is 5.56 Å². The first kappa shape index (κ1) is 16.0. The summed E-state index contributed by atoms with van der Waals surface area (Å²) in [6, 6.07) is 7.70. The lowest BCUT2D eigenvalue weighted by Crippen LogP contribution is -2.63. The Kier molecular flexibility index (Phi) is 4.15. The minimum atomic E-state index is -0.747. The van der Waals surface area contributed by atoms with Gasteiger partial charge in [0.15, 0.2) is 0 Å². The number of carbonyl (C=O) groups excluding carboxylic acids is 2. The van der Waals surface area contributed by atoms with Crippen molar-refractivity contribution in [3.05, 3.63) is 29.8 Å². The Morgan fingerprint density at radius 2 is 2.17 bits per heavy atom. The summed E-state index contributed by atoms with van der Waals surface area (Å²) in [5.41, 5.74) is 1.11. The van der Waals surface area contributed by atoms with Gasteiger partial charge in [0.05, 0.1) is 19.4 Å². The summed E-state index contributed by atoms with van der Waals surface area (Å²) >= 11 is 0. The summed E-state index contributed by atoms with van der Waals surface area (Å²) in [6.45, 7) is 4.49. The van der Waals surface area contributed by atoms with Crippen molar-refractivity contribution in [2.75, 3.05) is 12.0 Å². The van der Waals surface area contributed by atoms with E-state index in [1.165, 1.54) is 7.11 Å². The summed E-state index contributed by atoms with van der Waals surface area (Å²) < 4.78 is 11.0. The van der Waals surface area contributed by atoms with E-state index in [4.69, 9.17) is 9.47 Å². The molecule has 0 saturated carbocycles. The normalized spacial score (nSPS) is 29.7. The van der Waals surface area contributed by atoms with E-state index < -0.39 is 17.6 Å². The fourth-order valence-electron chi connectivity index (χ4n) is 3.91. The molecule has 3 atom stereocenters. The van der Waals surface area contributed by atoms with Gasteiger partial charge in [-0.3, -0.25) is 14.5 Å². The third-order valence-corrected chi connectivity index (χ3v) is 4.96. The summed E-state index contributed by atoms with van der Waals surface area (Å²) in [4.78, 5) is 27.1. The first-order valence-electron chi connectivity index (χ1n) is 8.15. The van der Waals surface area contributed by atoms with Crippen LogP contribution in [0.5, 0.6) is 0 Å². The number of rotatable bonds is 3. The van der Waals surface area contributed by atoms with Crippen LogP contribution in [-0.4, -0.2) is 24.7 Å². The van der Waals surface area contributed by atoms with Crippen LogP contribution in [0.25, 0.3) is 0 Å². The van der Waals surface area contributed by atoms with Crippen LogP contribution in [0.3, 0.4) is 0 Å². The van der Waals surface area contributed by atoms with E-state index in [1.54, 1.807) is 4.90 Å². The lowest BCUT2D eigenvalue weighted by atomic mass is 9.76. The van der Waals surface area contributed by atoms with E-state index in [-0.39, 0.29) is 11.8 Å². The van der Waals surface area contributed by atoms with Crippen molar-refractivity contribution < 1.29 is 19.1 Å². The molecule has 0 radical (unpaired) electrons. The van der Waals surface area contributed by atoms with Crippen LogP contribution in [0.15, 0.2) is 24.3 Å². The average Bonchev–Trinajstić information content (AvgIpc) is 2.54. The molecule has 124 valence electrons. The van der Waals surface area contributed by atoms with Crippen LogP contribution in [-0.2, 0) is 25.7 Å². The van der Waals surface area contributed by atoms with Gasteiger partial charge in [-0.15, -0.1) is 0 Å². The highest BCUT2D eigenvalue weighted by Gasteiger charge is 2.54. The molecule has 2 aliphatic heterocycles. The van der Waals surface area contributed by atoms with E-state index in [2.05, 4.69) is 6.92 Å². The number of benzene rings is 1. The molecular formula is C18H23NO4. The second-order valence-corrected chi connectivity index (χ2v) is 6.52. The van der Waals surface area contributed by atoms with Crippen molar-refractivity contribution in [3.63, 3.8) is 0 Å². The van der Waals surface area contributed by atoms with Crippen molar-refractivity contribution in [3.8, 4) is 0 Å². The molecule has 0 spiro atoms. The monoisotopic (exact) mass is 317 g/mol. The first-order chi connectivity index (χ1) is 11.0. The number of hydrogen-bond acceptors (Lipinski definition) is 4. The Hall–Kier alpha value is -1.88. The van der Waals surface area contributed by atoms with Gasteiger partial charge in [-0.25, -0.2) is 0 Å². The van der Waals surface area contributed by atoms with Gasteiger partial charge >= 0.3 is 5.97 Å². The summed E-state index contributed by atoms with van der Waals surface area (Å²) in [6.07, 6.45) is 2.36. The molecule has 1 saturated heterocycles. The van der Waals surface area contributed by atoms with Gasteiger partial charge < -0.3 is 9.47 Å². The molecule has 1 aromatic rings. The summed E-state index contributed by atoms with van der Waals surface area (Å²) in [5, 5.41) is 0. The maximum atomic E-state index is 13.2. The number of ether oxygens (including phenoxy) is 2. The fraction of sp³-hybridized carbons (Fsp3) is 0.556.